The molecular weight excluding hydrogens is 376 g/mol. The number of benzene rings is 2. The number of thiol groups is 1. The summed E-state index contributed by atoms with van der Waals surface area (Å²) in [6, 6.07) is 19.7. The Labute approximate surface area is 162 Å². The predicted molar refractivity (Wildman–Crippen MR) is 106 cm³/mol. The van der Waals surface area contributed by atoms with Gasteiger partial charge < -0.3 is 0 Å². The van der Waals surface area contributed by atoms with Crippen LogP contribution < -0.4 is 5.43 Å². The Kier molecular flexibility index (Phi) is 4.86. The monoisotopic (exact) mass is 392 g/mol. The Morgan fingerprint density at radius 3 is 2.46 bits per heavy atom. The molecule has 0 aliphatic carbocycles. The molecule has 4 rings (SSSR count). The van der Waals surface area contributed by atoms with E-state index in [0.717, 1.165) is 5.69 Å². The third-order valence-corrected chi connectivity index (χ3v) is 4.80. The molecule has 0 atom stereocenters. The Balaban J connectivity index is 1.80. The van der Waals surface area contributed by atoms with Gasteiger partial charge in [0.2, 0.25) is 5.43 Å². The zero-order chi connectivity index (χ0) is 19.5. The van der Waals surface area contributed by atoms with E-state index in [0.29, 0.717) is 16.9 Å². The second-order valence-corrected chi connectivity index (χ2v) is 7.08. The fraction of sp³-hybridized carbons (Fsp3) is 0.0500. The van der Waals surface area contributed by atoms with E-state index in [2.05, 4.69) is 10.2 Å². The fourth-order valence-electron chi connectivity index (χ4n) is 2.93. The molecule has 7 nitrogen and oxygen atoms in total. The zero-order valence-corrected chi connectivity index (χ0v) is 15.6. The molecule has 0 radical (unpaired) electrons. The fourth-order valence-corrected chi connectivity index (χ4v) is 3.43. The van der Waals surface area contributed by atoms with E-state index < -0.39 is 10.7 Å². The van der Waals surface area contributed by atoms with Crippen molar-refractivity contribution in [2.75, 3.05) is 0 Å². The lowest BCUT2D eigenvalue weighted by molar-refractivity contribution is 0.614. The van der Waals surface area contributed by atoms with Gasteiger partial charge >= 0.3 is 0 Å². The summed E-state index contributed by atoms with van der Waals surface area (Å²) in [6.45, 7) is 0. The Morgan fingerprint density at radius 2 is 1.68 bits per heavy atom. The molecule has 140 valence electrons. The molecule has 8 heteroatoms. The summed E-state index contributed by atoms with van der Waals surface area (Å²) in [4.78, 5) is 12.5. The van der Waals surface area contributed by atoms with E-state index >= 15 is 0 Å². The van der Waals surface area contributed by atoms with Gasteiger partial charge in [0.05, 0.1) is 29.0 Å². The second kappa shape index (κ2) is 7.61. The summed E-state index contributed by atoms with van der Waals surface area (Å²) in [5, 5.41) is 8.80. The molecule has 0 unspecified atom stereocenters. The van der Waals surface area contributed by atoms with E-state index in [1.165, 1.54) is 6.07 Å². The van der Waals surface area contributed by atoms with Gasteiger partial charge in [-0.2, -0.15) is 10.2 Å². The smallest absolute Gasteiger partial charge is 0.209 e. The van der Waals surface area contributed by atoms with Crippen LogP contribution in [0, 0.1) is 0 Å². The number of nitrogens with zero attached hydrogens (tertiary/aromatic N) is 4. The summed E-state index contributed by atoms with van der Waals surface area (Å²) in [5.74, 6) is -0.0446. The van der Waals surface area contributed by atoms with E-state index in [4.69, 9.17) is 0 Å². The molecule has 2 aromatic heterocycles. The highest BCUT2D eigenvalue weighted by atomic mass is 32.2. The number of rotatable bonds is 5. The lowest BCUT2D eigenvalue weighted by Crippen LogP contribution is -2.14. The van der Waals surface area contributed by atoms with Crippen molar-refractivity contribution < 1.29 is 8.42 Å². The summed E-state index contributed by atoms with van der Waals surface area (Å²) < 4.78 is 25.2. The summed E-state index contributed by atoms with van der Waals surface area (Å²) in [7, 11) is -2.52. The van der Waals surface area contributed by atoms with Crippen LogP contribution in [-0.2, 0) is 16.5 Å². The van der Waals surface area contributed by atoms with Crippen LogP contribution in [0.15, 0.2) is 83.9 Å². The number of hydrogen-bond donors (Lipinski definition) is 1. The molecule has 4 aromatic rings. The van der Waals surface area contributed by atoms with Crippen LogP contribution >= 0.6 is 0 Å². The van der Waals surface area contributed by atoms with Gasteiger partial charge in [-0.3, -0.25) is 4.79 Å². The largest absolute Gasteiger partial charge is 0.287 e. The maximum absolute atomic E-state index is 12.5. The third kappa shape index (κ3) is 3.63. The van der Waals surface area contributed by atoms with Crippen molar-refractivity contribution in [3.63, 3.8) is 0 Å². The van der Waals surface area contributed by atoms with Crippen molar-refractivity contribution in [3.8, 4) is 22.8 Å². The van der Waals surface area contributed by atoms with Crippen molar-refractivity contribution in [3.05, 3.63) is 94.9 Å². The third-order valence-electron chi connectivity index (χ3n) is 4.18. The highest BCUT2D eigenvalue weighted by molar-refractivity contribution is 7.71. The predicted octanol–water partition coefficient (Wildman–Crippen LogP) is 2.20. The van der Waals surface area contributed by atoms with Crippen LogP contribution in [0.3, 0.4) is 0 Å². The topological polar surface area (TPSA) is 86.8 Å². The van der Waals surface area contributed by atoms with E-state index in [9.17, 15) is 13.2 Å². The van der Waals surface area contributed by atoms with Gasteiger partial charge in [-0.05, 0) is 35.9 Å². The molecule has 0 aliphatic rings. The minimum atomic E-state index is -2.52. The Morgan fingerprint density at radius 1 is 0.893 bits per heavy atom. The van der Waals surface area contributed by atoms with Gasteiger partial charge in [-0.25, -0.2) is 17.8 Å². The van der Waals surface area contributed by atoms with Crippen LogP contribution in [0.25, 0.3) is 22.8 Å². The van der Waals surface area contributed by atoms with Gasteiger partial charge in [0.25, 0.3) is 0 Å². The molecule has 0 saturated carbocycles. The molecule has 0 fully saturated rings. The van der Waals surface area contributed by atoms with Crippen molar-refractivity contribution in [1.82, 2.24) is 19.6 Å². The highest BCUT2D eigenvalue weighted by Crippen LogP contribution is 2.18. The van der Waals surface area contributed by atoms with Crippen molar-refractivity contribution in [1.29, 1.82) is 0 Å². The van der Waals surface area contributed by atoms with Gasteiger partial charge in [0, 0.05) is 12.3 Å². The zero-order valence-electron chi connectivity index (χ0n) is 14.7. The number of aromatic nitrogens is 4. The molecule has 28 heavy (non-hydrogen) atoms. The molecule has 0 N–H and O–H groups in total. The molecule has 2 aromatic carbocycles. The molecule has 2 heterocycles. The van der Waals surface area contributed by atoms with Crippen LogP contribution in [0.4, 0.5) is 0 Å². The van der Waals surface area contributed by atoms with Crippen LogP contribution in [0.2, 0.25) is 0 Å². The molecule has 0 amide bonds. The first kappa shape index (κ1) is 17.9. The molecule has 0 saturated heterocycles. The summed E-state index contributed by atoms with van der Waals surface area (Å²) in [5.41, 5.74) is 2.74. The average molecular weight is 392 g/mol. The summed E-state index contributed by atoms with van der Waals surface area (Å²) in [6.07, 6.45) is 3.18. The SMILES string of the molecule is O=c1ccn(-c2cccc(C[SH](=O)=O)c2)nc1-c1ccnn1-c1ccccc1. The minimum absolute atomic E-state index is 0.0446. The maximum atomic E-state index is 12.5. The Bertz CT molecular complexity index is 1250. The van der Waals surface area contributed by atoms with Gasteiger partial charge in [-0.1, -0.05) is 30.3 Å². The van der Waals surface area contributed by atoms with E-state index in [-0.39, 0.29) is 16.9 Å². The quantitative estimate of drug-likeness (QED) is 0.526. The van der Waals surface area contributed by atoms with Gasteiger partial charge in [0.1, 0.15) is 10.7 Å². The van der Waals surface area contributed by atoms with Crippen LogP contribution in [0.5, 0.6) is 0 Å². The first-order chi connectivity index (χ1) is 13.6. The van der Waals surface area contributed by atoms with Crippen molar-refractivity contribution in [2.24, 2.45) is 0 Å². The van der Waals surface area contributed by atoms with E-state index in [1.807, 2.05) is 30.3 Å². The average Bonchev–Trinajstić information content (AvgIpc) is 3.18. The van der Waals surface area contributed by atoms with Crippen molar-refractivity contribution in [2.45, 2.75) is 5.75 Å². The first-order valence-electron chi connectivity index (χ1n) is 8.53. The van der Waals surface area contributed by atoms with Crippen LogP contribution in [-0.4, -0.2) is 28.0 Å². The first-order valence-corrected chi connectivity index (χ1v) is 9.89. The van der Waals surface area contributed by atoms with Crippen molar-refractivity contribution >= 4 is 10.7 Å². The van der Waals surface area contributed by atoms with E-state index in [1.54, 1.807) is 52.1 Å². The normalized spacial score (nSPS) is 11.0. The molecule has 0 bridgehead atoms. The molecule has 0 spiro atoms. The lowest BCUT2D eigenvalue weighted by Gasteiger charge is -2.10. The number of para-hydroxylation sites is 1. The number of hydrogen-bond acceptors (Lipinski definition) is 5. The lowest BCUT2D eigenvalue weighted by atomic mass is 10.2. The minimum Gasteiger partial charge on any atom is -0.287 e. The van der Waals surface area contributed by atoms with Crippen LogP contribution in [0.1, 0.15) is 5.56 Å². The molecule has 0 aliphatic heterocycles. The summed E-state index contributed by atoms with van der Waals surface area (Å²) >= 11 is 0. The van der Waals surface area contributed by atoms with Gasteiger partial charge in [0.15, 0.2) is 5.69 Å². The highest BCUT2D eigenvalue weighted by Gasteiger charge is 2.13. The Hall–Kier alpha value is -3.52. The van der Waals surface area contributed by atoms with Gasteiger partial charge in [-0.15, -0.1) is 0 Å². The standard InChI is InChI=1S/C20H16N4O3S/c25-19-10-12-23(17-8-4-5-15(13-17)14-28(26)27)22-20(19)18-9-11-21-24(18)16-6-2-1-3-7-16/h1-13,28H,14H2. The second-order valence-electron chi connectivity index (χ2n) is 6.10. The maximum Gasteiger partial charge on any atom is 0.209 e. The molecular formula is C20H16N4O3S.